The Labute approximate surface area is 84.5 Å². The first-order valence-corrected chi connectivity index (χ1v) is 4.84. The Morgan fingerprint density at radius 1 is 1.14 bits per heavy atom. The van der Waals surface area contributed by atoms with Gasteiger partial charge in [0.05, 0.1) is 6.10 Å². The summed E-state index contributed by atoms with van der Waals surface area (Å²) in [5, 5.41) is 28.2. The van der Waals surface area contributed by atoms with Crippen molar-refractivity contribution in [2.24, 2.45) is 5.41 Å². The molecular weight excluding hydrogens is 184 g/mol. The van der Waals surface area contributed by atoms with E-state index in [2.05, 4.69) is 0 Å². The van der Waals surface area contributed by atoms with Crippen LogP contribution >= 0.6 is 0 Å². The lowest BCUT2D eigenvalue weighted by Crippen LogP contribution is -2.51. The Hall–Kier alpha value is -0.160. The van der Waals surface area contributed by atoms with Crippen molar-refractivity contribution in [3.63, 3.8) is 0 Å². The van der Waals surface area contributed by atoms with Gasteiger partial charge in [0.15, 0.2) is 0 Å². The van der Waals surface area contributed by atoms with Gasteiger partial charge in [0.1, 0.15) is 24.9 Å². The van der Waals surface area contributed by atoms with E-state index in [-0.39, 0.29) is 5.41 Å². The van der Waals surface area contributed by atoms with E-state index < -0.39 is 24.4 Å². The number of rotatable bonds is 1. The lowest BCUT2D eigenvalue weighted by atomic mass is 9.85. The SMILES string of the molecule is CC(C)(C)C[C@H]1O[CH][C@@H](O)[C@@H](O)[C@@H]1O. The smallest absolute Gasteiger partial charge is 0.115 e. The molecule has 0 saturated carbocycles. The van der Waals surface area contributed by atoms with Crippen molar-refractivity contribution in [3.8, 4) is 0 Å². The zero-order valence-corrected chi connectivity index (χ0v) is 8.84. The highest BCUT2D eigenvalue weighted by Gasteiger charge is 2.39. The number of aliphatic hydroxyl groups is 3. The lowest BCUT2D eigenvalue weighted by molar-refractivity contribution is -0.167. The fourth-order valence-corrected chi connectivity index (χ4v) is 1.54. The molecule has 0 amide bonds. The lowest BCUT2D eigenvalue weighted by Gasteiger charge is -2.37. The Morgan fingerprint density at radius 2 is 1.71 bits per heavy atom. The van der Waals surface area contributed by atoms with Crippen LogP contribution in [-0.2, 0) is 4.74 Å². The first-order valence-electron chi connectivity index (χ1n) is 4.84. The summed E-state index contributed by atoms with van der Waals surface area (Å²) in [5.41, 5.74) is 0.0154. The van der Waals surface area contributed by atoms with E-state index in [9.17, 15) is 15.3 Å². The molecule has 4 nitrogen and oxygen atoms in total. The van der Waals surface area contributed by atoms with Crippen LogP contribution in [0.25, 0.3) is 0 Å². The van der Waals surface area contributed by atoms with Crippen LogP contribution in [0.1, 0.15) is 27.2 Å². The van der Waals surface area contributed by atoms with Crippen molar-refractivity contribution in [1.82, 2.24) is 0 Å². The van der Waals surface area contributed by atoms with Crippen molar-refractivity contribution in [2.45, 2.75) is 51.6 Å². The molecule has 1 saturated heterocycles. The van der Waals surface area contributed by atoms with Crippen molar-refractivity contribution in [2.75, 3.05) is 0 Å². The quantitative estimate of drug-likeness (QED) is 0.564. The summed E-state index contributed by atoms with van der Waals surface area (Å²) >= 11 is 0. The topological polar surface area (TPSA) is 69.9 Å². The van der Waals surface area contributed by atoms with Crippen molar-refractivity contribution in [3.05, 3.63) is 6.61 Å². The molecule has 4 heteroatoms. The van der Waals surface area contributed by atoms with Crippen LogP contribution in [0.2, 0.25) is 0 Å². The summed E-state index contributed by atoms with van der Waals surface area (Å²) in [7, 11) is 0. The van der Waals surface area contributed by atoms with Crippen LogP contribution in [0.3, 0.4) is 0 Å². The predicted octanol–water partition coefficient (Wildman–Crippen LogP) is 0.0659. The minimum atomic E-state index is -1.14. The van der Waals surface area contributed by atoms with E-state index in [1.54, 1.807) is 0 Å². The molecule has 0 aromatic rings. The molecule has 0 bridgehead atoms. The molecule has 4 atom stereocenters. The standard InChI is InChI=1S/C10H19O4/c1-10(2,3)4-7-9(13)8(12)6(11)5-14-7/h5-9,11-13H,4H2,1-3H3/t6-,7-,8-,9-/m1/s1. The van der Waals surface area contributed by atoms with E-state index in [0.29, 0.717) is 6.42 Å². The average molecular weight is 203 g/mol. The zero-order chi connectivity index (χ0) is 10.9. The van der Waals surface area contributed by atoms with Gasteiger partial charge in [-0.2, -0.15) is 0 Å². The Balaban J connectivity index is 2.55. The molecule has 1 heterocycles. The molecule has 0 spiro atoms. The maximum Gasteiger partial charge on any atom is 0.115 e. The third-order valence-corrected chi connectivity index (χ3v) is 2.29. The van der Waals surface area contributed by atoms with Gasteiger partial charge in [0.2, 0.25) is 0 Å². The van der Waals surface area contributed by atoms with Crippen LogP contribution in [0.15, 0.2) is 0 Å². The summed E-state index contributed by atoms with van der Waals surface area (Å²) in [5.74, 6) is 0. The van der Waals surface area contributed by atoms with Crippen molar-refractivity contribution in [1.29, 1.82) is 0 Å². The van der Waals surface area contributed by atoms with Gasteiger partial charge in [0.25, 0.3) is 0 Å². The zero-order valence-electron chi connectivity index (χ0n) is 8.84. The molecule has 0 unspecified atom stereocenters. The van der Waals surface area contributed by atoms with Crippen molar-refractivity contribution < 1.29 is 20.1 Å². The monoisotopic (exact) mass is 203 g/mol. The maximum absolute atomic E-state index is 9.62. The maximum atomic E-state index is 9.62. The molecular formula is C10H19O4. The number of ether oxygens (including phenoxy) is 1. The summed E-state index contributed by atoms with van der Waals surface area (Å²) in [4.78, 5) is 0. The highest BCUT2D eigenvalue weighted by atomic mass is 16.5. The first-order chi connectivity index (χ1) is 6.31. The number of hydrogen-bond donors (Lipinski definition) is 3. The van der Waals surface area contributed by atoms with Gasteiger partial charge in [-0.25, -0.2) is 0 Å². The highest BCUT2D eigenvalue weighted by molar-refractivity contribution is 4.92. The second-order valence-corrected chi connectivity index (χ2v) is 5.05. The van der Waals surface area contributed by atoms with Gasteiger partial charge >= 0.3 is 0 Å². The molecule has 0 aromatic carbocycles. The summed E-state index contributed by atoms with van der Waals surface area (Å²) in [6.45, 7) is 7.27. The molecule has 0 aliphatic carbocycles. The van der Waals surface area contributed by atoms with E-state index in [1.165, 1.54) is 6.61 Å². The molecule has 1 radical (unpaired) electrons. The third-order valence-electron chi connectivity index (χ3n) is 2.29. The predicted molar refractivity (Wildman–Crippen MR) is 51.3 cm³/mol. The van der Waals surface area contributed by atoms with E-state index in [0.717, 1.165) is 0 Å². The molecule has 1 aliphatic rings. The Morgan fingerprint density at radius 3 is 2.21 bits per heavy atom. The van der Waals surface area contributed by atoms with Crippen molar-refractivity contribution >= 4 is 0 Å². The van der Waals surface area contributed by atoms with Gasteiger partial charge in [-0.3, -0.25) is 0 Å². The second kappa shape index (κ2) is 4.14. The molecule has 83 valence electrons. The van der Waals surface area contributed by atoms with E-state index in [1.807, 2.05) is 20.8 Å². The average Bonchev–Trinajstić information content (AvgIpc) is 2.04. The minimum Gasteiger partial charge on any atom is -0.388 e. The Kier molecular flexibility index (Phi) is 3.53. The van der Waals surface area contributed by atoms with Gasteiger partial charge in [0, 0.05) is 0 Å². The number of aliphatic hydroxyl groups excluding tert-OH is 3. The van der Waals surface area contributed by atoms with Crippen LogP contribution in [0.4, 0.5) is 0 Å². The molecule has 14 heavy (non-hydrogen) atoms. The van der Waals surface area contributed by atoms with Gasteiger partial charge < -0.3 is 20.1 Å². The van der Waals surface area contributed by atoms with Crippen LogP contribution in [-0.4, -0.2) is 39.7 Å². The summed E-state index contributed by atoms with van der Waals surface area (Å²) in [6.07, 6.45) is -3.06. The van der Waals surface area contributed by atoms with E-state index >= 15 is 0 Å². The molecule has 1 fully saturated rings. The van der Waals surface area contributed by atoms with Gasteiger partial charge in [-0.05, 0) is 11.8 Å². The largest absolute Gasteiger partial charge is 0.388 e. The number of hydrogen-bond acceptors (Lipinski definition) is 4. The van der Waals surface area contributed by atoms with Crippen LogP contribution < -0.4 is 0 Å². The first kappa shape index (κ1) is 11.9. The third kappa shape index (κ3) is 2.92. The fourth-order valence-electron chi connectivity index (χ4n) is 1.54. The van der Waals surface area contributed by atoms with Crippen LogP contribution in [0.5, 0.6) is 0 Å². The fraction of sp³-hybridized carbons (Fsp3) is 0.900. The molecule has 1 rings (SSSR count). The minimum absolute atomic E-state index is 0.0154. The van der Waals surface area contributed by atoms with Crippen LogP contribution in [0, 0.1) is 12.0 Å². The van der Waals surface area contributed by atoms with E-state index in [4.69, 9.17) is 4.74 Å². The second-order valence-electron chi connectivity index (χ2n) is 5.05. The highest BCUT2D eigenvalue weighted by Crippen LogP contribution is 2.29. The molecule has 1 aliphatic heterocycles. The van der Waals surface area contributed by atoms with Gasteiger partial charge in [-0.1, -0.05) is 20.8 Å². The summed E-state index contributed by atoms with van der Waals surface area (Å²) in [6, 6.07) is 0. The van der Waals surface area contributed by atoms with Gasteiger partial charge in [-0.15, -0.1) is 0 Å². The molecule has 0 aromatic heterocycles. The normalized spacial score (nSPS) is 39.9. The Bertz CT molecular complexity index is 187. The summed E-state index contributed by atoms with van der Waals surface area (Å²) < 4.78 is 5.16. The molecule has 3 N–H and O–H groups in total.